The Hall–Kier alpha value is -4.43. The minimum absolute atomic E-state index is 0.0435. The van der Waals surface area contributed by atoms with Gasteiger partial charge in [-0.3, -0.25) is 15.1 Å². The van der Waals surface area contributed by atoms with Gasteiger partial charge in [-0.25, -0.2) is 0 Å². The van der Waals surface area contributed by atoms with E-state index in [-0.39, 0.29) is 18.3 Å². The third kappa shape index (κ3) is 5.60. The third-order valence-electron chi connectivity index (χ3n) is 7.67. The number of benzene rings is 4. The van der Waals surface area contributed by atoms with E-state index in [0.717, 1.165) is 27.7 Å². The maximum Gasteiger partial charge on any atom is 0.269 e. The molecule has 1 heterocycles. The van der Waals surface area contributed by atoms with E-state index in [1.807, 2.05) is 12.1 Å². The van der Waals surface area contributed by atoms with Crippen LogP contribution in [0.5, 0.6) is 11.5 Å². The molecule has 1 aliphatic heterocycles. The van der Waals surface area contributed by atoms with Crippen molar-refractivity contribution in [2.45, 2.75) is 25.0 Å². The molecule has 0 radical (unpaired) electrons. The molecule has 4 aromatic carbocycles. The van der Waals surface area contributed by atoms with Gasteiger partial charge in [0.25, 0.3) is 5.69 Å². The zero-order valence-corrected chi connectivity index (χ0v) is 24.0. The van der Waals surface area contributed by atoms with Crippen molar-refractivity contribution in [3.05, 3.63) is 134 Å². The number of aliphatic imine (C=N–C) groups is 1. The van der Waals surface area contributed by atoms with Gasteiger partial charge < -0.3 is 14.8 Å². The second-order valence-electron chi connectivity index (χ2n) is 10.2. The summed E-state index contributed by atoms with van der Waals surface area (Å²) < 4.78 is 12.3. The number of nitrogens with one attached hydrogen (secondary N) is 1. The number of nitro groups is 1. The lowest BCUT2D eigenvalue weighted by atomic mass is 9.77. The monoisotopic (exact) mass is 609 g/mol. The average molecular weight is 611 g/mol. The zero-order chi connectivity index (χ0) is 28.3. The Morgan fingerprint density at radius 1 is 1.07 bits per heavy atom. The lowest BCUT2D eigenvalue weighted by molar-refractivity contribution is -0.384. The number of rotatable bonds is 8. The lowest BCUT2D eigenvalue weighted by Crippen LogP contribution is -2.28. The van der Waals surface area contributed by atoms with Crippen molar-refractivity contribution in [3.8, 4) is 11.5 Å². The molecule has 1 aliphatic carbocycles. The smallest absolute Gasteiger partial charge is 0.269 e. The van der Waals surface area contributed by atoms with Gasteiger partial charge in [0.2, 0.25) is 0 Å². The van der Waals surface area contributed by atoms with Gasteiger partial charge in [0, 0.05) is 30.0 Å². The SMILES string of the molecule is COc1cc(C=Nc2ccc([C@@H]3Nc4ccccc4[C@@H]4C=CC[C@H]43)cc2)cc(Br)c1OCc1ccc([N+](=O)[O-])cc1. The molecule has 6 rings (SSSR count). The fraction of sp³-hybridized carbons (Fsp3) is 0.182. The van der Waals surface area contributed by atoms with Crippen LogP contribution in [0.1, 0.15) is 40.6 Å². The van der Waals surface area contributed by atoms with Crippen LogP contribution in [0.2, 0.25) is 0 Å². The summed E-state index contributed by atoms with van der Waals surface area (Å²) in [5.41, 5.74) is 6.43. The fourth-order valence-corrected chi connectivity index (χ4v) is 6.19. The standard InChI is InChI=1S/C33H28BrN3O4/c1-40-31-18-22(17-29(34)33(31)41-20-21-9-15-25(16-10-21)37(38)39)19-35-24-13-11-23(12-14-24)32-28-7-4-6-26(28)27-5-2-3-8-30(27)36-32/h2-6,8-19,26,28,32,36H,7,20H2,1H3/t26-,28+,32-/m0/s1. The molecule has 2 aliphatic rings. The summed E-state index contributed by atoms with van der Waals surface area (Å²) in [6, 6.07) is 27.4. The van der Waals surface area contributed by atoms with Crippen LogP contribution in [-0.2, 0) is 6.61 Å². The van der Waals surface area contributed by atoms with Gasteiger partial charge in [0.05, 0.1) is 28.2 Å². The molecule has 8 heteroatoms. The Bertz CT molecular complexity index is 1630. The van der Waals surface area contributed by atoms with Crippen molar-refractivity contribution in [1.82, 2.24) is 0 Å². The number of nitro benzene ring substituents is 1. The number of halogens is 1. The first-order valence-electron chi connectivity index (χ1n) is 13.4. The minimum atomic E-state index is -0.422. The van der Waals surface area contributed by atoms with E-state index in [2.05, 4.69) is 81.9 Å². The normalized spacial score (nSPS) is 18.9. The average Bonchev–Trinajstić information content (AvgIpc) is 3.50. The van der Waals surface area contributed by atoms with Crippen LogP contribution in [0, 0.1) is 16.0 Å². The highest BCUT2D eigenvalue weighted by molar-refractivity contribution is 9.10. The second kappa shape index (κ2) is 11.6. The molecule has 1 N–H and O–H groups in total. The van der Waals surface area contributed by atoms with E-state index in [0.29, 0.717) is 23.3 Å². The molecule has 0 fully saturated rings. The number of anilines is 1. The van der Waals surface area contributed by atoms with Crippen molar-refractivity contribution < 1.29 is 14.4 Å². The molecule has 0 unspecified atom stereocenters. The Morgan fingerprint density at radius 3 is 2.61 bits per heavy atom. The fourth-order valence-electron chi connectivity index (χ4n) is 5.61. The van der Waals surface area contributed by atoms with E-state index in [4.69, 9.17) is 14.5 Å². The van der Waals surface area contributed by atoms with E-state index in [1.54, 1.807) is 25.5 Å². The Morgan fingerprint density at radius 2 is 1.85 bits per heavy atom. The lowest BCUT2D eigenvalue weighted by Gasteiger charge is -2.37. The van der Waals surface area contributed by atoms with Gasteiger partial charge in [0.15, 0.2) is 11.5 Å². The van der Waals surface area contributed by atoms with Gasteiger partial charge >= 0.3 is 0 Å². The van der Waals surface area contributed by atoms with E-state index < -0.39 is 4.92 Å². The number of hydrogen-bond acceptors (Lipinski definition) is 6. The van der Waals surface area contributed by atoms with Gasteiger partial charge in [-0.05, 0) is 93.0 Å². The molecule has 0 spiro atoms. The van der Waals surface area contributed by atoms with Crippen molar-refractivity contribution in [3.63, 3.8) is 0 Å². The molecule has 0 aromatic heterocycles. The summed E-state index contributed by atoms with van der Waals surface area (Å²) in [6.07, 6.45) is 7.53. The van der Waals surface area contributed by atoms with Crippen molar-refractivity contribution in [2.24, 2.45) is 10.9 Å². The molecule has 3 atom stereocenters. The van der Waals surface area contributed by atoms with Crippen LogP contribution in [-0.4, -0.2) is 18.2 Å². The van der Waals surface area contributed by atoms with Crippen molar-refractivity contribution in [1.29, 1.82) is 0 Å². The number of fused-ring (bicyclic) bond motifs is 3. The van der Waals surface area contributed by atoms with Crippen LogP contribution in [0.25, 0.3) is 0 Å². The maximum absolute atomic E-state index is 10.9. The van der Waals surface area contributed by atoms with E-state index >= 15 is 0 Å². The first kappa shape index (κ1) is 26.8. The maximum atomic E-state index is 10.9. The molecule has 0 saturated heterocycles. The summed E-state index contributed by atoms with van der Waals surface area (Å²) >= 11 is 3.59. The van der Waals surface area contributed by atoms with Gasteiger partial charge in [-0.1, -0.05) is 42.5 Å². The molecule has 0 amide bonds. The quantitative estimate of drug-likeness (QED) is 0.0936. The predicted molar refractivity (Wildman–Crippen MR) is 165 cm³/mol. The summed E-state index contributed by atoms with van der Waals surface area (Å²) in [4.78, 5) is 15.2. The molecular formula is C33H28BrN3O4. The zero-order valence-electron chi connectivity index (χ0n) is 22.4. The number of methoxy groups -OCH3 is 1. The van der Waals surface area contributed by atoms with Gasteiger partial charge in [-0.15, -0.1) is 0 Å². The Balaban J connectivity index is 1.15. The van der Waals surface area contributed by atoms with Gasteiger partial charge in [-0.2, -0.15) is 0 Å². The molecule has 0 saturated carbocycles. The molecule has 7 nitrogen and oxygen atoms in total. The number of non-ortho nitro benzene ring substituents is 1. The summed E-state index contributed by atoms with van der Waals surface area (Å²) in [7, 11) is 1.59. The topological polar surface area (TPSA) is 86.0 Å². The Kier molecular flexibility index (Phi) is 7.57. The van der Waals surface area contributed by atoms with E-state index in [9.17, 15) is 10.1 Å². The van der Waals surface area contributed by atoms with Crippen LogP contribution in [0.4, 0.5) is 17.1 Å². The molecule has 4 aromatic rings. The number of para-hydroxylation sites is 1. The Labute approximate surface area is 246 Å². The molecule has 0 bridgehead atoms. The first-order chi connectivity index (χ1) is 20.0. The van der Waals surface area contributed by atoms with Gasteiger partial charge in [0.1, 0.15) is 6.61 Å². The minimum Gasteiger partial charge on any atom is -0.493 e. The van der Waals surface area contributed by atoms with Crippen LogP contribution in [0.3, 0.4) is 0 Å². The largest absolute Gasteiger partial charge is 0.493 e. The summed E-state index contributed by atoms with van der Waals surface area (Å²) in [5, 5.41) is 14.7. The number of nitrogens with zero attached hydrogens (tertiary/aromatic N) is 2. The number of ether oxygens (including phenoxy) is 2. The van der Waals surface area contributed by atoms with E-state index in [1.165, 1.54) is 28.9 Å². The van der Waals surface area contributed by atoms with Crippen LogP contribution >= 0.6 is 15.9 Å². The molecular weight excluding hydrogens is 582 g/mol. The molecule has 41 heavy (non-hydrogen) atoms. The highest BCUT2D eigenvalue weighted by Gasteiger charge is 2.37. The summed E-state index contributed by atoms with van der Waals surface area (Å²) in [6.45, 7) is 0.242. The molecule has 206 valence electrons. The third-order valence-corrected chi connectivity index (χ3v) is 8.26. The van der Waals surface area contributed by atoms with Crippen LogP contribution in [0.15, 0.2) is 107 Å². The first-order valence-corrected chi connectivity index (χ1v) is 14.2. The second-order valence-corrected chi connectivity index (χ2v) is 11.0. The highest BCUT2D eigenvalue weighted by Crippen LogP contribution is 2.49. The number of allylic oxidation sites excluding steroid dienone is 2. The summed E-state index contributed by atoms with van der Waals surface area (Å²) in [5.74, 6) is 2.06. The number of hydrogen-bond donors (Lipinski definition) is 1. The van der Waals surface area contributed by atoms with Crippen molar-refractivity contribution >= 4 is 39.2 Å². The van der Waals surface area contributed by atoms with Crippen molar-refractivity contribution in [2.75, 3.05) is 12.4 Å². The van der Waals surface area contributed by atoms with Crippen LogP contribution < -0.4 is 14.8 Å². The predicted octanol–water partition coefficient (Wildman–Crippen LogP) is 8.52. The highest BCUT2D eigenvalue weighted by atomic mass is 79.9.